The molecule has 1 saturated heterocycles. The quantitative estimate of drug-likeness (QED) is 0.109. The van der Waals surface area contributed by atoms with E-state index >= 15 is 0 Å². The lowest BCUT2D eigenvalue weighted by molar-refractivity contribution is -0.0425. The van der Waals surface area contributed by atoms with Gasteiger partial charge in [0.2, 0.25) is 0 Å². The van der Waals surface area contributed by atoms with Crippen LogP contribution in [0.25, 0.3) is 0 Å². The highest BCUT2D eigenvalue weighted by Gasteiger charge is 2.26. The number of nitrogens with one attached hydrogen (secondary N) is 2. The zero-order valence-corrected chi connectivity index (χ0v) is 25.1. The van der Waals surface area contributed by atoms with E-state index in [2.05, 4.69) is 57.7 Å². The summed E-state index contributed by atoms with van der Waals surface area (Å²) < 4.78 is 5.49. The van der Waals surface area contributed by atoms with Gasteiger partial charge in [-0.25, -0.2) is 4.99 Å². The average molecular weight is 564 g/mol. The molecule has 2 heterocycles. The molecule has 1 aromatic rings. The van der Waals surface area contributed by atoms with Crippen molar-refractivity contribution in [1.82, 2.24) is 15.5 Å². The molecule has 224 valence electrons. The minimum atomic E-state index is -1.39. The Morgan fingerprint density at radius 2 is 1.95 bits per heavy atom. The summed E-state index contributed by atoms with van der Waals surface area (Å²) in [5.41, 5.74) is 2.88. The molecule has 0 radical (unpaired) electrons. The largest absolute Gasteiger partial charge is 0.451 e. The Labute approximate surface area is 246 Å². The van der Waals surface area contributed by atoms with Crippen LogP contribution in [0.1, 0.15) is 69.8 Å². The van der Waals surface area contributed by atoms with Gasteiger partial charge in [0.15, 0.2) is 6.29 Å². The first-order valence-corrected chi connectivity index (χ1v) is 14.4. The number of nitrogens with zero attached hydrogens (tertiary/aromatic N) is 3. The Balaban J connectivity index is 0.000000337. The van der Waals surface area contributed by atoms with Crippen LogP contribution in [0, 0.1) is 5.92 Å². The smallest absolute Gasteiger partial charge is 0.267 e. The molecule has 3 unspecified atom stereocenters. The van der Waals surface area contributed by atoms with Gasteiger partial charge in [0.25, 0.3) is 6.35 Å². The van der Waals surface area contributed by atoms with Crippen LogP contribution in [0.2, 0.25) is 0 Å². The molecule has 1 fully saturated rings. The normalized spacial score (nSPS) is 19.8. The first-order valence-electron chi connectivity index (χ1n) is 14.4. The minimum Gasteiger partial charge on any atom is -0.451 e. The molecule has 4 N–H and O–H groups in total. The van der Waals surface area contributed by atoms with E-state index < -0.39 is 12.6 Å². The van der Waals surface area contributed by atoms with Crippen LogP contribution in [-0.4, -0.2) is 60.2 Å². The van der Waals surface area contributed by atoms with Crippen LogP contribution in [0.3, 0.4) is 0 Å². The number of aliphatic hydroxyl groups is 2. The Kier molecular flexibility index (Phi) is 15.5. The van der Waals surface area contributed by atoms with E-state index in [9.17, 15) is 10.2 Å². The van der Waals surface area contributed by atoms with Gasteiger partial charge in [0.05, 0.1) is 0 Å². The third kappa shape index (κ3) is 11.9. The molecule has 3 atom stereocenters. The number of benzene rings is 1. The second-order valence-electron chi connectivity index (χ2n) is 10.1. The summed E-state index contributed by atoms with van der Waals surface area (Å²) in [6.07, 6.45) is 17.6. The van der Waals surface area contributed by atoms with Crippen LogP contribution in [-0.2, 0) is 4.74 Å². The van der Waals surface area contributed by atoms with E-state index in [1.165, 1.54) is 24.6 Å². The summed E-state index contributed by atoms with van der Waals surface area (Å²) in [6.45, 7) is 15.4. The Morgan fingerprint density at radius 3 is 2.51 bits per heavy atom. The zero-order valence-electron chi connectivity index (χ0n) is 25.1. The van der Waals surface area contributed by atoms with Crippen LogP contribution < -0.4 is 10.6 Å². The standard InChI is InChI=1S/C21H31N3O2.C12H18N2O/c1-15(17-4-3-5-18(13-17)21(25)26)12-16-8-10-24(11-9-16)20-7-6-19(22-2)14-23-20;1-5-9-10-11(6-2)15-12(13-7-3)14-8-4/h3-6,13-16,20-22,25-26H,7-12H2,1-2H3;5-10,12-13H,2-3H2,1,4H3/b;9-5-,11-10+,14-8+. The van der Waals surface area contributed by atoms with Crippen molar-refractivity contribution in [3.8, 4) is 0 Å². The van der Waals surface area contributed by atoms with E-state index in [1.807, 2.05) is 57.5 Å². The lowest BCUT2D eigenvalue weighted by Crippen LogP contribution is -2.41. The van der Waals surface area contributed by atoms with Gasteiger partial charge in [0, 0.05) is 50.2 Å². The summed E-state index contributed by atoms with van der Waals surface area (Å²) in [5.74, 6) is 1.80. The molecule has 2 aliphatic rings. The van der Waals surface area contributed by atoms with E-state index in [4.69, 9.17) is 4.74 Å². The molecule has 3 rings (SSSR count). The van der Waals surface area contributed by atoms with Gasteiger partial charge in [-0.15, -0.1) is 0 Å². The molecule has 0 bridgehead atoms. The number of allylic oxidation sites excluding steroid dienone is 5. The maximum Gasteiger partial charge on any atom is 0.267 e. The van der Waals surface area contributed by atoms with Crippen molar-refractivity contribution in [2.45, 2.75) is 71.2 Å². The SMILES string of the molecule is C=CNC(/N=C/C)O/C(C=C)=C/C=C\C.CNC1=CCC(N2CCC(CC(C)c3cccc(C(O)O)c3)CC2)N=C1. The molecule has 8 heteroatoms. The summed E-state index contributed by atoms with van der Waals surface area (Å²) in [4.78, 5) is 11.3. The Bertz CT molecular complexity index is 1080. The van der Waals surface area contributed by atoms with Gasteiger partial charge in [-0.05, 0) is 68.9 Å². The van der Waals surface area contributed by atoms with Crippen LogP contribution in [0.4, 0.5) is 0 Å². The minimum absolute atomic E-state index is 0.299. The lowest BCUT2D eigenvalue weighted by Gasteiger charge is -2.37. The van der Waals surface area contributed by atoms with Crippen molar-refractivity contribution < 1.29 is 14.9 Å². The highest BCUT2D eigenvalue weighted by atomic mass is 16.5. The number of hydrogen-bond donors (Lipinski definition) is 4. The van der Waals surface area contributed by atoms with Crippen molar-refractivity contribution in [1.29, 1.82) is 0 Å². The highest BCUT2D eigenvalue weighted by molar-refractivity contribution is 5.78. The molecule has 0 aliphatic carbocycles. The third-order valence-electron chi connectivity index (χ3n) is 7.21. The number of rotatable bonds is 13. The van der Waals surface area contributed by atoms with Gasteiger partial charge in [0.1, 0.15) is 11.9 Å². The number of ether oxygens (including phenoxy) is 1. The molecule has 0 amide bonds. The molecule has 0 saturated carbocycles. The van der Waals surface area contributed by atoms with E-state index in [1.54, 1.807) is 18.4 Å². The molecule has 1 aromatic carbocycles. The second kappa shape index (κ2) is 18.8. The monoisotopic (exact) mass is 563 g/mol. The molecule has 41 heavy (non-hydrogen) atoms. The molecule has 0 spiro atoms. The van der Waals surface area contributed by atoms with Crippen LogP contribution >= 0.6 is 0 Å². The van der Waals surface area contributed by atoms with Crippen molar-refractivity contribution in [2.75, 3.05) is 20.1 Å². The number of piperidine rings is 1. The number of dihydropyridines is 1. The summed E-state index contributed by atoms with van der Waals surface area (Å²) >= 11 is 0. The molecule has 8 nitrogen and oxygen atoms in total. The molecule has 0 aromatic heterocycles. The first-order chi connectivity index (χ1) is 19.8. The molecular weight excluding hydrogens is 514 g/mol. The van der Waals surface area contributed by atoms with E-state index in [0.29, 0.717) is 23.4 Å². The van der Waals surface area contributed by atoms with Gasteiger partial charge in [-0.3, -0.25) is 9.89 Å². The van der Waals surface area contributed by atoms with Crippen LogP contribution in [0.15, 0.2) is 95.4 Å². The number of hydrogen-bond acceptors (Lipinski definition) is 8. The zero-order chi connectivity index (χ0) is 30.0. The van der Waals surface area contributed by atoms with Gasteiger partial charge in [-0.1, -0.05) is 62.6 Å². The maximum atomic E-state index is 9.37. The molecular formula is C33H49N5O3. The maximum absolute atomic E-state index is 9.37. The van der Waals surface area contributed by atoms with Crippen molar-refractivity contribution in [3.05, 3.63) is 96.6 Å². The van der Waals surface area contributed by atoms with E-state index in [0.717, 1.165) is 37.5 Å². The Hall–Kier alpha value is -3.46. The predicted molar refractivity (Wildman–Crippen MR) is 170 cm³/mol. The summed E-state index contributed by atoms with van der Waals surface area (Å²) in [6, 6.07) is 7.69. The lowest BCUT2D eigenvalue weighted by atomic mass is 9.84. The topological polar surface area (TPSA) is 102 Å². The number of aliphatic imine (C=N–C) groups is 2. The highest BCUT2D eigenvalue weighted by Crippen LogP contribution is 2.31. The van der Waals surface area contributed by atoms with Crippen molar-refractivity contribution >= 4 is 12.4 Å². The van der Waals surface area contributed by atoms with Crippen LogP contribution in [0.5, 0.6) is 0 Å². The molecule has 2 aliphatic heterocycles. The fourth-order valence-electron chi connectivity index (χ4n) is 4.89. The fourth-order valence-corrected chi connectivity index (χ4v) is 4.89. The predicted octanol–water partition coefficient (Wildman–Crippen LogP) is 5.54. The average Bonchev–Trinajstić information content (AvgIpc) is 3.00. The van der Waals surface area contributed by atoms with Crippen molar-refractivity contribution in [2.24, 2.45) is 15.9 Å². The van der Waals surface area contributed by atoms with Gasteiger partial charge < -0.3 is 25.6 Å². The van der Waals surface area contributed by atoms with Crippen molar-refractivity contribution in [3.63, 3.8) is 0 Å². The third-order valence-corrected chi connectivity index (χ3v) is 7.21. The summed E-state index contributed by atoms with van der Waals surface area (Å²) in [7, 11) is 1.93. The summed E-state index contributed by atoms with van der Waals surface area (Å²) in [5, 5.41) is 24.7. The number of aliphatic hydroxyl groups excluding tert-OH is 1. The second-order valence-corrected chi connectivity index (χ2v) is 10.1. The van der Waals surface area contributed by atoms with Gasteiger partial charge >= 0.3 is 0 Å². The first kappa shape index (κ1) is 33.7. The van der Waals surface area contributed by atoms with E-state index in [-0.39, 0.29) is 0 Å². The number of likely N-dealkylation sites (tertiary alicyclic amines) is 1. The fraction of sp³-hybridized carbons (Fsp3) is 0.455. The Morgan fingerprint density at radius 1 is 1.22 bits per heavy atom. The van der Waals surface area contributed by atoms with Gasteiger partial charge in [-0.2, -0.15) is 0 Å².